The average molecular weight is 409 g/mol. The monoisotopic (exact) mass is 409 g/mol. The van der Waals surface area contributed by atoms with Crippen molar-refractivity contribution in [1.29, 1.82) is 0 Å². The molecule has 2 aromatic carbocycles. The quantitative estimate of drug-likeness (QED) is 0.369. The number of hydrogen-bond acceptors (Lipinski definition) is 6. The van der Waals surface area contributed by atoms with Crippen molar-refractivity contribution in [2.45, 2.75) is 13.8 Å². The average Bonchev–Trinajstić information content (AvgIpc) is 2.77. The van der Waals surface area contributed by atoms with Crippen LogP contribution in [0.2, 0.25) is 0 Å². The van der Waals surface area contributed by atoms with Crippen LogP contribution in [0.5, 0.6) is 11.5 Å². The van der Waals surface area contributed by atoms with Gasteiger partial charge in [-0.25, -0.2) is 4.79 Å². The van der Waals surface area contributed by atoms with Crippen LogP contribution in [-0.2, 0) is 9.53 Å². The summed E-state index contributed by atoms with van der Waals surface area (Å²) in [6, 6.07) is 11.1. The Bertz CT molecular complexity index is 960. The molecule has 30 heavy (non-hydrogen) atoms. The van der Waals surface area contributed by atoms with Crippen LogP contribution < -0.4 is 14.8 Å². The molecule has 0 unspecified atom stereocenters. The molecule has 0 atom stereocenters. The Morgan fingerprint density at radius 3 is 2.30 bits per heavy atom. The number of carbonyl (C=O) groups excluding carboxylic acids is 3. The number of carbonyl (C=O) groups is 3. The van der Waals surface area contributed by atoms with E-state index in [0.717, 1.165) is 0 Å². The Labute approximate surface area is 175 Å². The molecular weight excluding hydrogens is 386 g/mol. The van der Waals surface area contributed by atoms with Crippen molar-refractivity contribution in [3.05, 3.63) is 59.2 Å². The van der Waals surface area contributed by atoms with Gasteiger partial charge in [-0.05, 0) is 38.1 Å². The van der Waals surface area contributed by atoms with Crippen molar-refractivity contribution < 1.29 is 28.6 Å². The molecule has 156 valence electrons. The summed E-state index contributed by atoms with van der Waals surface area (Å²) in [4.78, 5) is 37.1. The fraction of sp³-hybridized carbons (Fsp3) is 0.261. The van der Waals surface area contributed by atoms with E-state index in [2.05, 4.69) is 11.2 Å². The molecule has 0 fully saturated rings. The van der Waals surface area contributed by atoms with E-state index in [1.165, 1.54) is 12.1 Å². The van der Waals surface area contributed by atoms with Gasteiger partial charge in [-0.2, -0.15) is 0 Å². The predicted octanol–water partition coefficient (Wildman–Crippen LogP) is 2.62. The maximum atomic E-state index is 13.1. The van der Waals surface area contributed by atoms with Gasteiger partial charge in [-0.3, -0.25) is 9.59 Å². The third-order valence-electron chi connectivity index (χ3n) is 3.92. The second kappa shape index (κ2) is 11.3. The number of esters is 1. The minimum absolute atomic E-state index is 0.0331. The van der Waals surface area contributed by atoms with E-state index in [9.17, 15) is 14.4 Å². The van der Waals surface area contributed by atoms with Crippen molar-refractivity contribution >= 4 is 17.7 Å². The molecule has 0 saturated carbocycles. The van der Waals surface area contributed by atoms with E-state index in [4.69, 9.17) is 20.6 Å². The third-order valence-corrected chi connectivity index (χ3v) is 3.92. The second-order valence-corrected chi connectivity index (χ2v) is 5.96. The molecule has 0 aliphatic rings. The summed E-state index contributed by atoms with van der Waals surface area (Å²) in [5, 5.41) is 2.39. The molecule has 7 nitrogen and oxygen atoms in total. The zero-order chi connectivity index (χ0) is 21.9. The molecule has 0 aromatic heterocycles. The lowest BCUT2D eigenvalue weighted by Crippen LogP contribution is -2.29. The van der Waals surface area contributed by atoms with E-state index in [1.54, 1.807) is 30.3 Å². The molecule has 1 amide bonds. The molecule has 7 heteroatoms. The zero-order valence-corrected chi connectivity index (χ0v) is 16.9. The number of nitrogens with one attached hydrogen (secondary N) is 1. The maximum Gasteiger partial charge on any atom is 0.339 e. The van der Waals surface area contributed by atoms with Gasteiger partial charge >= 0.3 is 5.97 Å². The van der Waals surface area contributed by atoms with Crippen LogP contribution in [0.15, 0.2) is 42.5 Å². The molecule has 0 aliphatic carbocycles. The first-order chi connectivity index (χ1) is 14.5. The molecule has 0 spiro atoms. The van der Waals surface area contributed by atoms with Crippen molar-refractivity contribution in [3.8, 4) is 23.8 Å². The first kappa shape index (κ1) is 22.5. The lowest BCUT2D eigenvalue weighted by Gasteiger charge is -2.13. The van der Waals surface area contributed by atoms with E-state index < -0.39 is 18.5 Å². The number of amides is 1. The van der Waals surface area contributed by atoms with Crippen LogP contribution >= 0.6 is 0 Å². The van der Waals surface area contributed by atoms with Crippen LogP contribution in [-0.4, -0.2) is 44.0 Å². The van der Waals surface area contributed by atoms with E-state index >= 15 is 0 Å². The molecule has 0 heterocycles. The van der Waals surface area contributed by atoms with Gasteiger partial charge in [0.15, 0.2) is 23.9 Å². The highest BCUT2D eigenvalue weighted by atomic mass is 16.5. The minimum Gasteiger partial charge on any atom is -0.490 e. The summed E-state index contributed by atoms with van der Waals surface area (Å²) in [6.07, 6.45) is 5.06. The summed E-state index contributed by atoms with van der Waals surface area (Å²) < 4.78 is 16.1. The molecule has 0 aliphatic heterocycles. The number of ketones is 1. The maximum absolute atomic E-state index is 13.1. The smallest absolute Gasteiger partial charge is 0.339 e. The summed E-state index contributed by atoms with van der Waals surface area (Å²) in [6.45, 7) is 4.07. The fourth-order valence-electron chi connectivity index (χ4n) is 2.62. The van der Waals surface area contributed by atoms with E-state index in [-0.39, 0.29) is 23.5 Å². The van der Waals surface area contributed by atoms with Crippen LogP contribution in [0.3, 0.4) is 0 Å². The summed E-state index contributed by atoms with van der Waals surface area (Å²) >= 11 is 0. The fourth-order valence-corrected chi connectivity index (χ4v) is 2.62. The Morgan fingerprint density at radius 1 is 0.967 bits per heavy atom. The van der Waals surface area contributed by atoms with Crippen LogP contribution in [0, 0.1) is 12.3 Å². The van der Waals surface area contributed by atoms with Crippen molar-refractivity contribution in [1.82, 2.24) is 5.32 Å². The highest BCUT2D eigenvalue weighted by Gasteiger charge is 2.21. The van der Waals surface area contributed by atoms with Gasteiger partial charge in [-0.15, -0.1) is 6.42 Å². The van der Waals surface area contributed by atoms with Crippen LogP contribution in [0.25, 0.3) is 0 Å². The van der Waals surface area contributed by atoms with Gasteiger partial charge < -0.3 is 19.5 Å². The van der Waals surface area contributed by atoms with E-state index in [1.807, 2.05) is 13.8 Å². The number of rotatable bonds is 10. The Hall–Kier alpha value is -3.79. The Balaban J connectivity index is 2.25. The van der Waals surface area contributed by atoms with Crippen molar-refractivity contribution in [2.75, 3.05) is 26.4 Å². The molecule has 0 bridgehead atoms. The SMILES string of the molecule is C#CCNC(=O)COC(=O)c1ccccc1C(=O)c1ccc(OCC)c(OCC)c1. The highest BCUT2D eigenvalue weighted by Crippen LogP contribution is 2.30. The first-order valence-corrected chi connectivity index (χ1v) is 9.42. The molecular formula is C23H23NO6. The van der Waals surface area contributed by atoms with Crippen LogP contribution in [0.4, 0.5) is 0 Å². The predicted molar refractivity (Wildman–Crippen MR) is 111 cm³/mol. The highest BCUT2D eigenvalue weighted by molar-refractivity contribution is 6.14. The van der Waals surface area contributed by atoms with Crippen molar-refractivity contribution in [2.24, 2.45) is 0 Å². The number of ether oxygens (including phenoxy) is 3. The standard InChI is InChI=1S/C23H23NO6/c1-4-13-24-21(25)15-30-23(27)18-10-8-7-9-17(18)22(26)16-11-12-19(28-5-2)20(14-16)29-6-3/h1,7-12,14H,5-6,13,15H2,2-3H3,(H,24,25). The molecule has 2 rings (SSSR count). The van der Waals surface area contributed by atoms with E-state index in [0.29, 0.717) is 30.3 Å². The third kappa shape index (κ3) is 5.85. The minimum atomic E-state index is -0.786. The molecule has 2 aromatic rings. The first-order valence-electron chi connectivity index (χ1n) is 9.42. The second-order valence-electron chi connectivity index (χ2n) is 5.96. The zero-order valence-electron chi connectivity index (χ0n) is 16.9. The normalized spacial score (nSPS) is 9.90. The van der Waals surface area contributed by atoms with Crippen LogP contribution in [0.1, 0.15) is 40.1 Å². The van der Waals surface area contributed by atoms with Gasteiger partial charge in [0.25, 0.3) is 5.91 Å². The number of hydrogen-bond donors (Lipinski definition) is 1. The van der Waals surface area contributed by atoms with Gasteiger partial charge in [0.05, 0.1) is 25.3 Å². The number of terminal acetylenes is 1. The Kier molecular flexibility index (Phi) is 8.45. The molecule has 0 saturated heterocycles. The van der Waals surface area contributed by atoms with Gasteiger partial charge in [-0.1, -0.05) is 24.1 Å². The molecule has 0 radical (unpaired) electrons. The molecule has 1 N–H and O–H groups in total. The lowest BCUT2D eigenvalue weighted by molar-refractivity contribution is -0.123. The summed E-state index contributed by atoms with van der Waals surface area (Å²) in [5.74, 6) is 1.52. The summed E-state index contributed by atoms with van der Waals surface area (Å²) in [5.41, 5.74) is 0.533. The van der Waals surface area contributed by atoms with Gasteiger partial charge in [0, 0.05) is 11.1 Å². The topological polar surface area (TPSA) is 90.9 Å². The number of benzene rings is 2. The van der Waals surface area contributed by atoms with Gasteiger partial charge in [0.1, 0.15) is 0 Å². The largest absolute Gasteiger partial charge is 0.490 e. The Morgan fingerprint density at radius 2 is 1.63 bits per heavy atom. The van der Waals surface area contributed by atoms with Gasteiger partial charge in [0.2, 0.25) is 0 Å². The summed E-state index contributed by atoms with van der Waals surface area (Å²) in [7, 11) is 0. The van der Waals surface area contributed by atoms with Crippen molar-refractivity contribution in [3.63, 3.8) is 0 Å². The lowest BCUT2D eigenvalue weighted by atomic mass is 9.98.